The van der Waals surface area contributed by atoms with Gasteiger partial charge in [-0.3, -0.25) is 9.80 Å². The number of fused-ring (bicyclic) bond motifs is 2. The molecule has 3 heteroatoms. The molecule has 2 aliphatic carbocycles. The van der Waals surface area contributed by atoms with Gasteiger partial charge >= 0.3 is 0 Å². The number of hydrogen-bond donors (Lipinski definition) is 0. The minimum absolute atomic E-state index is 0.0620. The highest BCUT2D eigenvalue weighted by molar-refractivity contribution is 5.17. The van der Waals surface area contributed by atoms with Gasteiger partial charge in [0.25, 0.3) is 0 Å². The molecule has 21 heavy (non-hydrogen) atoms. The standard InChI is InChI=1S/C18H25FN2/c19-17-4-2-1-3-16(17)13-20-7-9-21(10-8-20)18-12-14-5-6-15(18)11-14/h1-4,14-15,18H,5-13H2/t14-,15+,18+/m1/s1. The summed E-state index contributed by atoms with van der Waals surface area (Å²) in [6, 6.07) is 8.05. The van der Waals surface area contributed by atoms with E-state index in [0.717, 1.165) is 43.1 Å². The number of halogens is 1. The number of piperazine rings is 1. The molecule has 2 saturated carbocycles. The summed E-state index contributed by atoms with van der Waals surface area (Å²) in [6.07, 6.45) is 5.87. The second-order valence-corrected chi connectivity index (χ2v) is 7.15. The van der Waals surface area contributed by atoms with Crippen LogP contribution < -0.4 is 0 Å². The van der Waals surface area contributed by atoms with E-state index in [9.17, 15) is 4.39 Å². The number of rotatable bonds is 3. The predicted molar refractivity (Wildman–Crippen MR) is 82.5 cm³/mol. The van der Waals surface area contributed by atoms with E-state index < -0.39 is 0 Å². The zero-order valence-corrected chi connectivity index (χ0v) is 12.7. The van der Waals surface area contributed by atoms with Gasteiger partial charge in [-0.15, -0.1) is 0 Å². The van der Waals surface area contributed by atoms with Gasteiger partial charge in [-0.2, -0.15) is 0 Å². The maximum atomic E-state index is 13.7. The lowest BCUT2D eigenvalue weighted by Crippen LogP contribution is -2.51. The van der Waals surface area contributed by atoms with Crippen LogP contribution in [0.3, 0.4) is 0 Å². The highest BCUT2D eigenvalue weighted by Crippen LogP contribution is 2.46. The molecule has 2 nitrogen and oxygen atoms in total. The second kappa shape index (κ2) is 5.69. The average molecular weight is 288 g/mol. The van der Waals surface area contributed by atoms with Crippen molar-refractivity contribution in [2.75, 3.05) is 26.2 Å². The minimum Gasteiger partial charge on any atom is -0.298 e. The van der Waals surface area contributed by atoms with Crippen molar-refractivity contribution in [3.63, 3.8) is 0 Å². The van der Waals surface area contributed by atoms with Crippen LogP contribution in [0, 0.1) is 17.7 Å². The quantitative estimate of drug-likeness (QED) is 0.843. The molecule has 0 amide bonds. The van der Waals surface area contributed by atoms with Crippen molar-refractivity contribution < 1.29 is 4.39 Å². The van der Waals surface area contributed by atoms with Crippen LogP contribution in [0.1, 0.15) is 31.2 Å². The summed E-state index contributed by atoms with van der Waals surface area (Å²) in [4.78, 5) is 5.13. The van der Waals surface area contributed by atoms with E-state index in [2.05, 4.69) is 9.80 Å². The van der Waals surface area contributed by atoms with Crippen molar-refractivity contribution >= 4 is 0 Å². The summed E-state index contributed by atoms with van der Waals surface area (Å²) in [7, 11) is 0. The van der Waals surface area contributed by atoms with E-state index in [1.165, 1.54) is 38.8 Å². The molecule has 1 aliphatic heterocycles. The van der Waals surface area contributed by atoms with Crippen LogP contribution in [0.2, 0.25) is 0 Å². The van der Waals surface area contributed by atoms with Gasteiger partial charge in [0.05, 0.1) is 0 Å². The Bertz CT molecular complexity index is 496. The molecule has 3 atom stereocenters. The maximum absolute atomic E-state index is 13.7. The molecule has 2 bridgehead atoms. The smallest absolute Gasteiger partial charge is 0.127 e. The monoisotopic (exact) mass is 288 g/mol. The van der Waals surface area contributed by atoms with Gasteiger partial charge in [0.2, 0.25) is 0 Å². The van der Waals surface area contributed by atoms with E-state index in [1.807, 2.05) is 12.1 Å². The Morgan fingerprint density at radius 3 is 2.48 bits per heavy atom. The first-order chi connectivity index (χ1) is 10.3. The molecule has 1 heterocycles. The molecule has 0 N–H and O–H groups in total. The molecule has 3 fully saturated rings. The van der Waals surface area contributed by atoms with Gasteiger partial charge in [-0.1, -0.05) is 24.6 Å². The Morgan fingerprint density at radius 1 is 1.00 bits per heavy atom. The SMILES string of the molecule is Fc1ccccc1CN1CCN([C@H]2C[C@@H]3CC[C@H]2C3)CC1. The van der Waals surface area contributed by atoms with Crippen LogP contribution in [0.4, 0.5) is 4.39 Å². The highest BCUT2D eigenvalue weighted by atomic mass is 19.1. The van der Waals surface area contributed by atoms with E-state index in [0.29, 0.717) is 0 Å². The Balaban J connectivity index is 1.32. The summed E-state index contributed by atoms with van der Waals surface area (Å²) in [5.41, 5.74) is 0.839. The fraction of sp³-hybridized carbons (Fsp3) is 0.667. The third kappa shape index (κ3) is 2.74. The molecule has 0 radical (unpaired) electrons. The average Bonchev–Trinajstić information content (AvgIpc) is 3.13. The maximum Gasteiger partial charge on any atom is 0.127 e. The molecule has 1 aromatic carbocycles. The van der Waals surface area contributed by atoms with Crippen LogP contribution in [-0.2, 0) is 6.54 Å². The highest BCUT2D eigenvalue weighted by Gasteiger charge is 2.42. The van der Waals surface area contributed by atoms with Crippen molar-refractivity contribution in [3.05, 3.63) is 35.6 Å². The van der Waals surface area contributed by atoms with Gasteiger partial charge in [0.15, 0.2) is 0 Å². The van der Waals surface area contributed by atoms with Gasteiger partial charge < -0.3 is 0 Å². The first kappa shape index (κ1) is 13.7. The van der Waals surface area contributed by atoms with E-state index in [4.69, 9.17) is 0 Å². The van der Waals surface area contributed by atoms with Crippen LogP contribution in [0.5, 0.6) is 0 Å². The molecule has 4 rings (SSSR count). The molecule has 1 saturated heterocycles. The van der Waals surface area contributed by atoms with Crippen molar-refractivity contribution in [3.8, 4) is 0 Å². The summed E-state index contributed by atoms with van der Waals surface area (Å²) < 4.78 is 13.7. The molecule has 114 valence electrons. The molecule has 0 unspecified atom stereocenters. The zero-order chi connectivity index (χ0) is 14.2. The Hall–Kier alpha value is -0.930. The van der Waals surface area contributed by atoms with Crippen molar-refractivity contribution in [1.29, 1.82) is 0 Å². The topological polar surface area (TPSA) is 6.48 Å². The molecule has 0 spiro atoms. The van der Waals surface area contributed by atoms with Crippen LogP contribution in [-0.4, -0.2) is 42.0 Å². The summed E-state index contributed by atoms with van der Waals surface area (Å²) in [5, 5.41) is 0. The number of hydrogen-bond acceptors (Lipinski definition) is 2. The molecule has 3 aliphatic rings. The van der Waals surface area contributed by atoms with E-state index in [-0.39, 0.29) is 5.82 Å². The summed E-state index contributed by atoms with van der Waals surface area (Å²) in [6.45, 7) is 5.27. The molecular weight excluding hydrogens is 263 g/mol. The van der Waals surface area contributed by atoms with Crippen molar-refractivity contribution in [2.45, 2.75) is 38.3 Å². The summed E-state index contributed by atoms with van der Waals surface area (Å²) >= 11 is 0. The molecule has 1 aromatic rings. The van der Waals surface area contributed by atoms with Gasteiger partial charge in [-0.25, -0.2) is 4.39 Å². The Labute approximate surface area is 126 Å². The normalized spacial score (nSPS) is 33.7. The fourth-order valence-corrected chi connectivity index (χ4v) is 4.78. The largest absolute Gasteiger partial charge is 0.298 e. The lowest BCUT2D eigenvalue weighted by Gasteiger charge is -2.41. The van der Waals surface area contributed by atoms with Gasteiger partial charge in [0, 0.05) is 44.3 Å². The van der Waals surface area contributed by atoms with E-state index in [1.54, 1.807) is 12.1 Å². The second-order valence-electron chi connectivity index (χ2n) is 7.15. The van der Waals surface area contributed by atoms with Crippen molar-refractivity contribution in [1.82, 2.24) is 9.80 Å². The number of benzene rings is 1. The lowest BCUT2D eigenvalue weighted by molar-refractivity contribution is 0.0675. The Kier molecular flexibility index (Phi) is 3.72. The first-order valence-corrected chi connectivity index (χ1v) is 8.49. The van der Waals surface area contributed by atoms with Crippen molar-refractivity contribution in [2.24, 2.45) is 11.8 Å². The number of nitrogens with zero attached hydrogens (tertiary/aromatic N) is 2. The third-order valence-electron chi connectivity index (χ3n) is 5.93. The van der Waals surface area contributed by atoms with Gasteiger partial charge in [-0.05, 0) is 37.2 Å². The van der Waals surface area contributed by atoms with E-state index >= 15 is 0 Å². The lowest BCUT2D eigenvalue weighted by atomic mass is 9.93. The van der Waals surface area contributed by atoms with Gasteiger partial charge in [0.1, 0.15) is 5.82 Å². The van der Waals surface area contributed by atoms with Crippen LogP contribution in [0.25, 0.3) is 0 Å². The minimum atomic E-state index is -0.0620. The predicted octanol–water partition coefficient (Wildman–Crippen LogP) is 3.13. The Morgan fingerprint density at radius 2 is 1.81 bits per heavy atom. The molecule has 0 aromatic heterocycles. The molecular formula is C18H25FN2. The third-order valence-corrected chi connectivity index (χ3v) is 5.93. The zero-order valence-electron chi connectivity index (χ0n) is 12.7. The summed E-state index contributed by atoms with van der Waals surface area (Å²) in [5.74, 6) is 1.94. The fourth-order valence-electron chi connectivity index (χ4n) is 4.78. The first-order valence-electron chi connectivity index (χ1n) is 8.49. The van der Waals surface area contributed by atoms with Crippen LogP contribution >= 0.6 is 0 Å². The van der Waals surface area contributed by atoms with Crippen LogP contribution in [0.15, 0.2) is 24.3 Å².